The fourth-order valence-corrected chi connectivity index (χ4v) is 4.08. The van der Waals surface area contributed by atoms with Crippen molar-refractivity contribution in [2.24, 2.45) is 0 Å². The Bertz CT molecular complexity index is 1270. The number of hydrogen-bond acceptors (Lipinski definition) is 9. The van der Waals surface area contributed by atoms with Crippen molar-refractivity contribution < 1.29 is 24.2 Å². The van der Waals surface area contributed by atoms with Crippen molar-refractivity contribution in [1.82, 2.24) is 24.5 Å². The maximum Gasteiger partial charge on any atom is 0.707 e. The zero-order valence-corrected chi connectivity index (χ0v) is 18.9. The fraction of sp³-hybridized carbons (Fsp3) is 0.318. The average Bonchev–Trinajstić information content (AvgIpc) is 3.46. The monoisotopic (exact) mass is 464 g/mol. The number of fused-ring (bicyclic) bond motifs is 1. The summed E-state index contributed by atoms with van der Waals surface area (Å²) in [6, 6.07) is 11.4. The molecule has 1 aromatic carbocycles. The van der Waals surface area contributed by atoms with Crippen molar-refractivity contribution >= 4 is 24.2 Å². The van der Waals surface area contributed by atoms with Crippen LogP contribution in [0.15, 0.2) is 48.8 Å². The van der Waals surface area contributed by atoms with Gasteiger partial charge >= 0.3 is 7.32 Å². The normalized spacial score (nSPS) is 16.1. The highest BCUT2D eigenvalue weighted by molar-refractivity contribution is 6.34. The molecule has 12 heteroatoms. The molecule has 0 saturated carbocycles. The summed E-state index contributed by atoms with van der Waals surface area (Å²) in [7, 11) is -0.333. The third kappa shape index (κ3) is 4.30. The highest BCUT2D eigenvalue weighted by atomic mass is 16.6. The number of morpholine rings is 1. The van der Waals surface area contributed by atoms with Crippen LogP contribution < -0.4 is 14.3 Å². The second-order valence-electron chi connectivity index (χ2n) is 8.03. The SMILES string of the molecule is COc1ccc(Cn2nccc2-n2ncc3c(OB(O)O)cc(N4CCOC[C@H]4C)nc32)cc1. The van der Waals surface area contributed by atoms with Crippen LogP contribution in [0.2, 0.25) is 0 Å². The topological polar surface area (TPSA) is 120 Å². The van der Waals surface area contributed by atoms with Gasteiger partial charge in [-0.2, -0.15) is 14.9 Å². The summed E-state index contributed by atoms with van der Waals surface area (Å²) in [5.41, 5.74) is 1.56. The number of hydrogen-bond donors (Lipinski definition) is 2. The molecule has 4 heterocycles. The number of ether oxygens (including phenoxy) is 2. The van der Waals surface area contributed by atoms with Crippen LogP contribution in [0.25, 0.3) is 16.9 Å². The van der Waals surface area contributed by atoms with Gasteiger partial charge in [-0.3, -0.25) is 0 Å². The molecule has 0 bridgehead atoms. The lowest BCUT2D eigenvalue weighted by Gasteiger charge is -2.34. The Balaban J connectivity index is 1.56. The van der Waals surface area contributed by atoms with Crippen LogP contribution in [0, 0.1) is 0 Å². The molecule has 1 saturated heterocycles. The van der Waals surface area contributed by atoms with Gasteiger partial charge in [-0.05, 0) is 24.6 Å². The molecule has 0 radical (unpaired) electrons. The first-order valence-corrected chi connectivity index (χ1v) is 10.9. The molecule has 3 aromatic heterocycles. The summed E-state index contributed by atoms with van der Waals surface area (Å²) in [6.07, 6.45) is 3.30. The highest BCUT2D eigenvalue weighted by Gasteiger charge is 2.25. The molecule has 4 aromatic rings. The van der Waals surface area contributed by atoms with E-state index >= 15 is 0 Å². The number of pyridine rings is 1. The highest BCUT2D eigenvalue weighted by Crippen LogP contribution is 2.32. The molecular formula is C22H25BN6O5. The van der Waals surface area contributed by atoms with Crippen LogP contribution in [0.5, 0.6) is 11.5 Å². The smallest absolute Gasteiger partial charge is 0.511 e. The van der Waals surface area contributed by atoms with Gasteiger partial charge in [0.05, 0.1) is 50.7 Å². The summed E-state index contributed by atoms with van der Waals surface area (Å²) in [5, 5.41) is 28.5. The first-order chi connectivity index (χ1) is 16.5. The summed E-state index contributed by atoms with van der Waals surface area (Å²) >= 11 is 0. The molecule has 0 spiro atoms. The van der Waals surface area contributed by atoms with Crippen molar-refractivity contribution in [3.8, 4) is 17.3 Å². The largest absolute Gasteiger partial charge is 0.707 e. The van der Waals surface area contributed by atoms with Crippen LogP contribution >= 0.6 is 0 Å². The summed E-state index contributed by atoms with van der Waals surface area (Å²) in [5.74, 6) is 2.42. The summed E-state index contributed by atoms with van der Waals surface area (Å²) in [4.78, 5) is 6.98. The molecule has 1 fully saturated rings. The van der Waals surface area contributed by atoms with Crippen molar-refractivity contribution in [3.05, 3.63) is 54.4 Å². The quantitative estimate of drug-likeness (QED) is 0.390. The maximum atomic E-state index is 9.48. The zero-order valence-electron chi connectivity index (χ0n) is 18.9. The molecule has 5 rings (SSSR count). The van der Waals surface area contributed by atoms with Gasteiger partial charge in [0.25, 0.3) is 0 Å². The minimum absolute atomic E-state index is 0.0996. The number of rotatable bonds is 7. The number of aromatic nitrogens is 5. The van der Waals surface area contributed by atoms with E-state index < -0.39 is 7.32 Å². The maximum absolute atomic E-state index is 9.48. The van der Waals surface area contributed by atoms with Gasteiger partial charge in [-0.1, -0.05) is 12.1 Å². The lowest BCUT2D eigenvalue weighted by Crippen LogP contribution is -2.44. The van der Waals surface area contributed by atoms with E-state index in [9.17, 15) is 10.0 Å². The van der Waals surface area contributed by atoms with Gasteiger partial charge < -0.3 is 29.1 Å². The van der Waals surface area contributed by atoms with E-state index in [0.717, 1.165) is 11.3 Å². The van der Waals surface area contributed by atoms with Gasteiger partial charge in [0.1, 0.15) is 17.3 Å². The molecule has 2 N–H and O–H groups in total. The predicted octanol–water partition coefficient (Wildman–Crippen LogP) is 1.25. The van der Waals surface area contributed by atoms with Crippen molar-refractivity contribution in [3.63, 3.8) is 0 Å². The van der Waals surface area contributed by atoms with Gasteiger partial charge in [0.2, 0.25) is 0 Å². The van der Waals surface area contributed by atoms with Crippen LogP contribution in [0.4, 0.5) is 5.82 Å². The lowest BCUT2D eigenvalue weighted by atomic mass is 10.2. The van der Waals surface area contributed by atoms with Crippen molar-refractivity contribution in [2.75, 3.05) is 31.8 Å². The Labute approximate surface area is 196 Å². The molecule has 34 heavy (non-hydrogen) atoms. The van der Waals surface area contributed by atoms with Crippen molar-refractivity contribution in [1.29, 1.82) is 0 Å². The molecule has 1 aliphatic heterocycles. The van der Waals surface area contributed by atoms with E-state index in [1.807, 2.05) is 41.9 Å². The molecule has 11 nitrogen and oxygen atoms in total. The fourth-order valence-electron chi connectivity index (χ4n) is 4.08. The van der Waals surface area contributed by atoms with Crippen LogP contribution in [-0.4, -0.2) is 74.8 Å². The number of methoxy groups -OCH3 is 1. The van der Waals surface area contributed by atoms with Gasteiger partial charge in [-0.15, -0.1) is 0 Å². The van der Waals surface area contributed by atoms with Gasteiger partial charge in [0.15, 0.2) is 11.5 Å². The van der Waals surface area contributed by atoms with E-state index in [1.54, 1.807) is 30.3 Å². The van der Waals surface area contributed by atoms with Crippen LogP contribution in [-0.2, 0) is 11.3 Å². The molecule has 1 aliphatic rings. The van der Waals surface area contributed by atoms with E-state index in [0.29, 0.717) is 49.0 Å². The Morgan fingerprint density at radius 1 is 1.18 bits per heavy atom. The van der Waals surface area contributed by atoms with E-state index in [4.69, 9.17) is 19.1 Å². The number of benzene rings is 1. The molecule has 1 atom stereocenters. The number of anilines is 1. The predicted molar refractivity (Wildman–Crippen MR) is 125 cm³/mol. The second kappa shape index (κ2) is 9.33. The van der Waals surface area contributed by atoms with Crippen molar-refractivity contribution in [2.45, 2.75) is 19.5 Å². The second-order valence-corrected chi connectivity index (χ2v) is 8.03. The Morgan fingerprint density at radius 2 is 2.00 bits per heavy atom. The first kappa shape index (κ1) is 22.2. The van der Waals surface area contributed by atoms with E-state index in [-0.39, 0.29) is 11.8 Å². The molecular weight excluding hydrogens is 439 g/mol. The third-order valence-corrected chi connectivity index (χ3v) is 5.79. The molecule has 176 valence electrons. The third-order valence-electron chi connectivity index (χ3n) is 5.79. The average molecular weight is 464 g/mol. The van der Waals surface area contributed by atoms with Gasteiger partial charge in [-0.25, -0.2) is 9.67 Å². The Hall–Kier alpha value is -3.61. The molecule has 0 unspecified atom stereocenters. The van der Waals surface area contributed by atoms with Crippen LogP contribution in [0.3, 0.4) is 0 Å². The Morgan fingerprint density at radius 3 is 2.74 bits per heavy atom. The minimum atomic E-state index is -1.97. The minimum Gasteiger partial charge on any atom is -0.511 e. The summed E-state index contributed by atoms with van der Waals surface area (Å²) in [6.45, 7) is 4.38. The number of nitrogens with zero attached hydrogens (tertiary/aromatic N) is 6. The van der Waals surface area contributed by atoms with Gasteiger partial charge in [0, 0.05) is 18.7 Å². The summed E-state index contributed by atoms with van der Waals surface area (Å²) < 4.78 is 19.6. The zero-order chi connectivity index (χ0) is 23.7. The Kier molecular flexibility index (Phi) is 6.09. The first-order valence-electron chi connectivity index (χ1n) is 10.9. The lowest BCUT2D eigenvalue weighted by molar-refractivity contribution is 0.0985. The standard InChI is InChI=1S/C22H25BN6O5/c1-15-14-33-10-9-27(15)20-11-19(34-23(30)31)18-12-25-29(22(18)26-20)21-7-8-24-28(21)13-16-3-5-17(32-2)6-4-16/h3-8,11-12,15,30-31H,9-10,13-14H2,1-2H3/t15-/m1/s1. The van der Waals surface area contributed by atoms with Crippen LogP contribution in [0.1, 0.15) is 12.5 Å². The van der Waals surface area contributed by atoms with E-state index in [2.05, 4.69) is 15.1 Å². The molecule has 0 aliphatic carbocycles. The van der Waals surface area contributed by atoms with E-state index in [1.165, 1.54) is 0 Å². The molecule has 0 amide bonds.